The highest BCUT2D eigenvalue weighted by molar-refractivity contribution is 4.98. The van der Waals surface area contributed by atoms with Crippen LogP contribution in [-0.4, -0.2) is 13.1 Å². The molecule has 2 bridgehead atoms. The van der Waals surface area contributed by atoms with Crippen molar-refractivity contribution in [3.8, 4) is 0 Å². The van der Waals surface area contributed by atoms with Crippen molar-refractivity contribution in [1.82, 2.24) is 5.32 Å². The lowest BCUT2D eigenvalue weighted by molar-refractivity contribution is 0.392. The van der Waals surface area contributed by atoms with Gasteiger partial charge in [-0.2, -0.15) is 0 Å². The van der Waals surface area contributed by atoms with E-state index in [-0.39, 0.29) is 0 Å². The molecule has 1 heterocycles. The van der Waals surface area contributed by atoms with Crippen LogP contribution < -0.4 is 5.32 Å². The van der Waals surface area contributed by atoms with Gasteiger partial charge in [0.2, 0.25) is 0 Å². The zero-order valence-corrected chi connectivity index (χ0v) is 7.92. The Morgan fingerprint density at radius 1 is 1.25 bits per heavy atom. The smallest absolute Gasteiger partial charge is 0.00201 e. The minimum absolute atomic E-state index is 0.805. The Morgan fingerprint density at radius 2 is 2.17 bits per heavy atom. The maximum atomic E-state index is 3.53. The van der Waals surface area contributed by atoms with Crippen molar-refractivity contribution in [3.63, 3.8) is 0 Å². The molecule has 3 atom stereocenters. The third-order valence-electron chi connectivity index (χ3n) is 3.18. The topological polar surface area (TPSA) is 12.0 Å². The molecule has 0 aromatic carbocycles. The van der Waals surface area contributed by atoms with Crippen molar-refractivity contribution in [2.45, 2.75) is 26.2 Å². The van der Waals surface area contributed by atoms with Gasteiger partial charge >= 0.3 is 0 Å². The van der Waals surface area contributed by atoms with Crippen molar-refractivity contribution in [1.29, 1.82) is 0 Å². The molecule has 1 aliphatic heterocycles. The number of allylic oxidation sites excluding steroid dienone is 2. The molecule has 3 unspecified atom stereocenters. The third kappa shape index (κ3) is 1.89. The number of rotatable bonds is 0. The lowest BCUT2D eigenvalue weighted by Crippen LogP contribution is -2.21. The molecular weight excluding hydrogens is 146 g/mol. The molecule has 0 radical (unpaired) electrons. The van der Waals surface area contributed by atoms with Crippen LogP contribution in [0.5, 0.6) is 0 Å². The summed E-state index contributed by atoms with van der Waals surface area (Å²) in [6, 6.07) is 0. The van der Waals surface area contributed by atoms with E-state index in [4.69, 9.17) is 0 Å². The Morgan fingerprint density at radius 3 is 3.08 bits per heavy atom. The SMILES string of the molecule is CC1C=CC2CCNCC(C1)C2. The average molecular weight is 165 g/mol. The highest BCUT2D eigenvalue weighted by Crippen LogP contribution is 2.29. The van der Waals surface area contributed by atoms with Crippen LogP contribution in [0.25, 0.3) is 0 Å². The second kappa shape index (κ2) is 3.61. The van der Waals surface area contributed by atoms with Gasteiger partial charge in [0, 0.05) is 0 Å². The van der Waals surface area contributed by atoms with Crippen molar-refractivity contribution in [2.24, 2.45) is 17.8 Å². The first-order chi connectivity index (χ1) is 5.84. The fraction of sp³-hybridized carbons (Fsp3) is 0.818. The van der Waals surface area contributed by atoms with Crippen LogP contribution in [0.3, 0.4) is 0 Å². The summed E-state index contributed by atoms with van der Waals surface area (Å²) < 4.78 is 0. The summed E-state index contributed by atoms with van der Waals surface area (Å²) in [5, 5.41) is 3.53. The van der Waals surface area contributed by atoms with E-state index >= 15 is 0 Å². The number of hydrogen-bond donors (Lipinski definition) is 1. The summed E-state index contributed by atoms with van der Waals surface area (Å²) in [4.78, 5) is 0. The van der Waals surface area contributed by atoms with Gasteiger partial charge in [-0.05, 0) is 50.1 Å². The van der Waals surface area contributed by atoms with Crippen molar-refractivity contribution >= 4 is 0 Å². The number of hydrogen-bond acceptors (Lipinski definition) is 1. The normalized spacial score (nSPS) is 41.9. The fourth-order valence-electron chi connectivity index (χ4n) is 2.53. The van der Waals surface area contributed by atoms with Gasteiger partial charge < -0.3 is 5.32 Å². The van der Waals surface area contributed by atoms with E-state index in [1.165, 1.54) is 32.4 Å². The van der Waals surface area contributed by atoms with Crippen LogP contribution in [0.4, 0.5) is 0 Å². The first-order valence-corrected chi connectivity index (χ1v) is 5.23. The zero-order chi connectivity index (χ0) is 8.39. The van der Waals surface area contributed by atoms with Crippen LogP contribution in [0, 0.1) is 17.8 Å². The van der Waals surface area contributed by atoms with Crippen molar-refractivity contribution in [2.75, 3.05) is 13.1 Å². The molecule has 1 saturated heterocycles. The zero-order valence-electron chi connectivity index (χ0n) is 7.92. The third-order valence-corrected chi connectivity index (χ3v) is 3.18. The molecule has 1 nitrogen and oxygen atoms in total. The standard InChI is InChI=1S/C11H19N/c1-9-2-3-10-4-5-12-8-11(6-9)7-10/h2-3,9-12H,4-8H2,1H3. The molecule has 0 aromatic heterocycles. The second-order valence-corrected chi connectivity index (χ2v) is 4.45. The molecule has 0 amide bonds. The maximum absolute atomic E-state index is 3.53. The number of fused-ring (bicyclic) bond motifs is 2. The van der Waals surface area contributed by atoms with E-state index < -0.39 is 0 Å². The van der Waals surface area contributed by atoms with E-state index in [0.29, 0.717) is 0 Å². The predicted octanol–water partition coefficient (Wildman–Crippen LogP) is 2.20. The highest BCUT2D eigenvalue weighted by Gasteiger charge is 2.21. The summed E-state index contributed by atoms with van der Waals surface area (Å²) in [5.41, 5.74) is 0. The van der Waals surface area contributed by atoms with Crippen LogP contribution in [0.1, 0.15) is 26.2 Å². The molecule has 1 aliphatic carbocycles. The van der Waals surface area contributed by atoms with Gasteiger partial charge in [-0.15, -0.1) is 0 Å². The Kier molecular flexibility index (Phi) is 2.50. The molecular formula is C11H19N. The summed E-state index contributed by atoms with van der Waals surface area (Å²) >= 11 is 0. The highest BCUT2D eigenvalue weighted by atomic mass is 14.9. The summed E-state index contributed by atoms with van der Waals surface area (Å²) in [6.45, 7) is 4.82. The van der Waals surface area contributed by atoms with Gasteiger partial charge in [-0.1, -0.05) is 19.1 Å². The molecule has 12 heavy (non-hydrogen) atoms. The molecule has 1 fully saturated rings. The molecule has 0 saturated carbocycles. The largest absolute Gasteiger partial charge is 0.316 e. The first kappa shape index (κ1) is 8.31. The van der Waals surface area contributed by atoms with E-state index in [0.717, 1.165) is 17.8 Å². The molecule has 1 N–H and O–H groups in total. The molecule has 68 valence electrons. The quantitative estimate of drug-likeness (QED) is 0.543. The van der Waals surface area contributed by atoms with Crippen molar-refractivity contribution < 1.29 is 0 Å². The maximum Gasteiger partial charge on any atom is -0.00201 e. The Balaban J connectivity index is 2.07. The van der Waals surface area contributed by atoms with E-state index in [9.17, 15) is 0 Å². The Hall–Kier alpha value is -0.300. The lowest BCUT2D eigenvalue weighted by atomic mass is 9.91. The van der Waals surface area contributed by atoms with Crippen LogP contribution in [0.15, 0.2) is 12.2 Å². The van der Waals surface area contributed by atoms with Gasteiger partial charge in [0.15, 0.2) is 0 Å². The summed E-state index contributed by atoms with van der Waals surface area (Å²) in [5.74, 6) is 2.61. The monoisotopic (exact) mass is 165 g/mol. The van der Waals surface area contributed by atoms with E-state index in [2.05, 4.69) is 24.4 Å². The second-order valence-electron chi connectivity index (χ2n) is 4.45. The predicted molar refractivity (Wildman–Crippen MR) is 52.0 cm³/mol. The van der Waals surface area contributed by atoms with Gasteiger partial charge in [0.25, 0.3) is 0 Å². The van der Waals surface area contributed by atoms with Crippen LogP contribution in [-0.2, 0) is 0 Å². The minimum Gasteiger partial charge on any atom is -0.316 e. The van der Waals surface area contributed by atoms with Crippen molar-refractivity contribution in [3.05, 3.63) is 12.2 Å². The fourth-order valence-corrected chi connectivity index (χ4v) is 2.53. The Bertz CT molecular complexity index is 174. The molecule has 2 rings (SSSR count). The Labute approximate surface area is 75.2 Å². The van der Waals surface area contributed by atoms with Crippen LogP contribution >= 0.6 is 0 Å². The molecule has 2 aliphatic rings. The van der Waals surface area contributed by atoms with E-state index in [1.807, 2.05) is 0 Å². The lowest BCUT2D eigenvalue weighted by Gasteiger charge is -2.15. The van der Waals surface area contributed by atoms with Crippen LogP contribution in [0.2, 0.25) is 0 Å². The molecule has 0 spiro atoms. The molecule has 1 heteroatoms. The molecule has 0 aromatic rings. The minimum atomic E-state index is 0.805. The average Bonchev–Trinajstić information content (AvgIpc) is 2.35. The van der Waals surface area contributed by atoms with Gasteiger partial charge in [0.1, 0.15) is 0 Å². The van der Waals surface area contributed by atoms with Gasteiger partial charge in [0.05, 0.1) is 0 Å². The van der Waals surface area contributed by atoms with Gasteiger partial charge in [-0.25, -0.2) is 0 Å². The summed E-state index contributed by atoms with van der Waals surface area (Å²) in [7, 11) is 0. The van der Waals surface area contributed by atoms with E-state index in [1.54, 1.807) is 0 Å². The number of nitrogens with one attached hydrogen (secondary N) is 1. The first-order valence-electron chi connectivity index (χ1n) is 5.23. The summed E-state index contributed by atoms with van der Waals surface area (Å²) in [6.07, 6.45) is 9.04. The van der Waals surface area contributed by atoms with Gasteiger partial charge in [-0.3, -0.25) is 0 Å².